The Morgan fingerprint density at radius 3 is 2.47 bits per heavy atom. The van der Waals surface area contributed by atoms with Crippen LogP contribution in [0.3, 0.4) is 0 Å². The molecule has 0 saturated heterocycles. The molecule has 0 radical (unpaired) electrons. The van der Waals surface area contributed by atoms with Crippen LogP contribution in [0.5, 0.6) is 11.5 Å². The summed E-state index contributed by atoms with van der Waals surface area (Å²) in [5.74, 6) is -0.385. The molecular formula is C33H29F2N3O3S2. The average molecular weight is 618 g/mol. The van der Waals surface area contributed by atoms with Gasteiger partial charge in [0.2, 0.25) is 0 Å². The second-order valence-corrected chi connectivity index (χ2v) is 11.6. The smallest absolute Gasteiger partial charge is 0.166 e. The highest BCUT2D eigenvalue weighted by molar-refractivity contribution is 7.80. The first-order valence-corrected chi connectivity index (χ1v) is 14.9. The average Bonchev–Trinajstić information content (AvgIpc) is 3.44. The minimum atomic E-state index is -0.531. The van der Waals surface area contributed by atoms with Gasteiger partial charge in [0, 0.05) is 62.8 Å². The van der Waals surface area contributed by atoms with E-state index < -0.39 is 5.82 Å². The molecular weight excluding hydrogens is 589 g/mol. The molecule has 0 unspecified atom stereocenters. The minimum Gasteiger partial charge on any atom is -0.453 e. The molecule has 0 aliphatic carbocycles. The van der Waals surface area contributed by atoms with Gasteiger partial charge in [-0.2, -0.15) is 0 Å². The van der Waals surface area contributed by atoms with Crippen LogP contribution in [0.2, 0.25) is 0 Å². The maximum atomic E-state index is 15.1. The molecule has 6 nitrogen and oxygen atoms in total. The lowest BCUT2D eigenvalue weighted by atomic mass is 10.0. The Hall–Kier alpha value is -3.96. The molecule has 0 amide bonds. The van der Waals surface area contributed by atoms with Crippen LogP contribution in [0.25, 0.3) is 20.8 Å². The summed E-state index contributed by atoms with van der Waals surface area (Å²) in [6.45, 7) is 2.12. The Kier molecular flexibility index (Phi) is 10.3. The van der Waals surface area contributed by atoms with Crippen LogP contribution < -0.4 is 10.1 Å². The summed E-state index contributed by atoms with van der Waals surface area (Å²) >= 11 is 6.89. The molecule has 0 atom stereocenters. The standard InChI is InChI=1S/C33H29F2N3O3S2/c1-40-13-12-36-19-23-4-8-28(38-20-23)32-18-29-33(43-32)31(10-11-37-29)41-30-9-5-22(16-27(30)35)15-26(42)17-25(39)14-21-2-6-24(34)7-3-21/h2-11,16,18,20,36H,12-15,17,19H2,1H3. The molecule has 0 bridgehead atoms. The van der Waals surface area contributed by atoms with Gasteiger partial charge >= 0.3 is 0 Å². The number of carbonyl (C=O) groups excluding carboxylic acids is 1. The van der Waals surface area contributed by atoms with E-state index in [1.165, 1.54) is 29.5 Å². The summed E-state index contributed by atoms with van der Waals surface area (Å²) in [6.07, 6.45) is 4.01. The number of aromatic nitrogens is 2. The Bertz CT molecular complexity index is 1720. The van der Waals surface area contributed by atoms with Crippen LogP contribution in [0.4, 0.5) is 8.78 Å². The fraction of sp³-hybridized carbons (Fsp3) is 0.212. The van der Waals surface area contributed by atoms with Gasteiger partial charge in [0.05, 0.1) is 27.4 Å². The van der Waals surface area contributed by atoms with Crippen molar-refractivity contribution in [1.82, 2.24) is 15.3 Å². The van der Waals surface area contributed by atoms with E-state index in [1.54, 1.807) is 43.6 Å². The number of pyridine rings is 2. The summed E-state index contributed by atoms with van der Waals surface area (Å²) in [7, 11) is 1.67. The second kappa shape index (κ2) is 14.5. The van der Waals surface area contributed by atoms with E-state index in [9.17, 15) is 9.18 Å². The van der Waals surface area contributed by atoms with E-state index in [4.69, 9.17) is 21.7 Å². The molecule has 0 aliphatic rings. The van der Waals surface area contributed by atoms with Gasteiger partial charge in [0.25, 0.3) is 0 Å². The number of ketones is 1. The monoisotopic (exact) mass is 617 g/mol. The molecule has 0 saturated carbocycles. The number of halogens is 2. The van der Waals surface area contributed by atoms with E-state index in [2.05, 4.69) is 15.3 Å². The maximum absolute atomic E-state index is 15.1. The Labute approximate surface area is 257 Å². The number of Topliss-reactive ketones (excluding diaryl/α,β-unsaturated/α-hetero) is 1. The van der Waals surface area contributed by atoms with Gasteiger partial charge in [-0.3, -0.25) is 14.8 Å². The second-order valence-electron chi connectivity index (χ2n) is 9.96. The first-order chi connectivity index (χ1) is 20.9. The number of ether oxygens (including phenoxy) is 2. The zero-order chi connectivity index (χ0) is 30.2. The molecule has 3 heterocycles. The maximum Gasteiger partial charge on any atom is 0.166 e. The Morgan fingerprint density at radius 2 is 1.72 bits per heavy atom. The number of nitrogens with zero attached hydrogens (tertiary/aromatic N) is 2. The highest BCUT2D eigenvalue weighted by Gasteiger charge is 2.15. The molecule has 43 heavy (non-hydrogen) atoms. The van der Waals surface area contributed by atoms with Crippen LogP contribution in [0.15, 0.2) is 79.1 Å². The van der Waals surface area contributed by atoms with Crippen LogP contribution >= 0.6 is 23.6 Å². The lowest BCUT2D eigenvalue weighted by Crippen LogP contribution is -2.18. The number of benzene rings is 2. The van der Waals surface area contributed by atoms with Crippen molar-refractivity contribution in [3.63, 3.8) is 0 Å². The van der Waals surface area contributed by atoms with E-state index in [0.717, 1.165) is 38.5 Å². The van der Waals surface area contributed by atoms with Crippen molar-refractivity contribution in [2.24, 2.45) is 0 Å². The number of hydrogen-bond donors (Lipinski definition) is 1. The summed E-state index contributed by atoms with van der Waals surface area (Å²) in [6, 6.07) is 18.1. The van der Waals surface area contributed by atoms with E-state index in [0.29, 0.717) is 29.3 Å². The number of nitrogens with one attached hydrogen (secondary N) is 1. The third-order valence-electron chi connectivity index (χ3n) is 6.59. The van der Waals surface area contributed by atoms with Crippen molar-refractivity contribution < 1.29 is 23.0 Å². The van der Waals surface area contributed by atoms with Crippen LogP contribution in [0, 0.1) is 11.6 Å². The lowest BCUT2D eigenvalue weighted by molar-refractivity contribution is -0.117. The van der Waals surface area contributed by atoms with Crippen molar-refractivity contribution in [2.75, 3.05) is 20.3 Å². The summed E-state index contributed by atoms with van der Waals surface area (Å²) < 4.78 is 40.0. The number of carbonyl (C=O) groups is 1. The van der Waals surface area contributed by atoms with E-state index >= 15 is 4.39 Å². The number of hydrogen-bond acceptors (Lipinski definition) is 8. The molecule has 220 valence electrons. The number of thiocarbonyl (C=S) groups is 1. The fourth-order valence-electron chi connectivity index (χ4n) is 4.46. The van der Waals surface area contributed by atoms with Gasteiger partial charge < -0.3 is 14.8 Å². The van der Waals surface area contributed by atoms with Crippen molar-refractivity contribution in [3.8, 4) is 22.1 Å². The first kappa shape index (κ1) is 30.5. The van der Waals surface area contributed by atoms with Gasteiger partial charge in [0.15, 0.2) is 11.6 Å². The summed E-state index contributed by atoms with van der Waals surface area (Å²) in [5, 5.41) is 3.30. The quantitative estimate of drug-likeness (QED) is 0.104. The molecule has 3 aromatic heterocycles. The van der Waals surface area contributed by atoms with Gasteiger partial charge in [0.1, 0.15) is 17.3 Å². The predicted octanol–water partition coefficient (Wildman–Crippen LogP) is 7.28. The molecule has 0 fully saturated rings. The summed E-state index contributed by atoms with van der Waals surface area (Å²) in [5.41, 5.74) is 3.99. The zero-order valence-electron chi connectivity index (χ0n) is 23.4. The van der Waals surface area contributed by atoms with Gasteiger partial charge in [-0.25, -0.2) is 8.78 Å². The Balaban J connectivity index is 1.22. The van der Waals surface area contributed by atoms with E-state index in [-0.39, 0.29) is 36.6 Å². The zero-order valence-corrected chi connectivity index (χ0v) is 25.1. The topological polar surface area (TPSA) is 73.3 Å². The lowest BCUT2D eigenvalue weighted by Gasteiger charge is -2.10. The van der Waals surface area contributed by atoms with Crippen LogP contribution in [-0.4, -0.2) is 40.9 Å². The third kappa shape index (κ3) is 8.32. The molecule has 5 aromatic rings. The summed E-state index contributed by atoms with van der Waals surface area (Å²) in [4.78, 5) is 22.9. The van der Waals surface area contributed by atoms with Gasteiger partial charge in [-0.15, -0.1) is 11.3 Å². The highest BCUT2D eigenvalue weighted by Crippen LogP contribution is 2.39. The molecule has 0 spiro atoms. The van der Waals surface area contributed by atoms with E-state index in [1.807, 2.05) is 24.4 Å². The van der Waals surface area contributed by atoms with Crippen molar-refractivity contribution >= 4 is 44.4 Å². The molecule has 1 N–H and O–H groups in total. The SMILES string of the molecule is COCCNCc1ccc(-c2cc3nccc(Oc4ccc(CC(=S)CC(=O)Cc5ccc(F)cc5)cc4F)c3s2)nc1. The molecule has 0 aliphatic heterocycles. The first-order valence-electron chi connectivity index (χ1n) is 13.7. The largest absolute Gasteiger partial charge is 0.453 e. The van der Waals surface area contributed by atoms with Crippen LogP contribution in [-0.2, 0) is 28.9 Å². The molecule has 2 aromatic carbocycles. The minimum absolute atomic E-state index is 0.0739. The fourth-order valence-corrected chi connectivity index (χ4v) is 5.83. The molecule has 5 rings (SSSR count). The Morgan fingerprint density at radius 1 is 0.930 bits per heavy atom. The van der Waals surface area contributed by atoms with Crippen LogP contribution in [0.1, 0.15) is 23.1 Å². The van der Waals surface area contributed by atoms with Gasteiger partial charge in [-0.1, -0.05) is 36.5 Å². The number of thiophene rings is 1. The third-order valence-corrected chi connectivity index (χ3v) is 8.04. The van der Waals surface area contributed by atoms with Gasteiger partial charge in [-0.05, 0) is 53.1 Å². The highest BCUT2D eigenvalue weighted by atomic mass is 32.1. The number of methoxy groups -OCH3 is 1. The van der Waals surface area contributed by atoms with Crippen molar-refractivity contribution in [3.05, 3.63) is 107 Å². The normalized spacial score (nSPS) is 11.1. The predicted molar refractivity (Wildman–Crippen MR) is 169 cm³/mol. The number of rotatable bonds is 14. The van der Waals surface area contributed by atoms with Crippen molar-refractivity contribution in [2.45, 2.75) is 25.8 Å². The number of fused-ring (bicyclic) bond motifs is 1. The molecule has 10 heteroatoms. The van der Waals surface area contributed by atoms with Crippen molar-refractivity contribution in [1.29, 1.82) is 0 Å².